The lowest BCUT2D eigenvalue weighted by Gasteiger charge is -2.25. The minimum absolute atomic E-state index is 0.0882. The highest BCUT2D eigenvalue weighted by Crippen LogP contribution is 2.23. The summed E-state index contributed by atoms with van der Waals surface area (Å²) >= 11 is 5.75. The standard InChI is InChI=1S/C12H18ClN3O/c1-4-12(3,7-14)11(17)16-9-6-15-10(13)5-8(9)2/h5-6H,4,7,14H2,1-3H3,(H,16,17). The first-order valence-electron chi connectivity index (χ1n) is 5.56. The summed E-state index contributed by atoms with van der Waals surface area (Å²) in [5.74, 6) is -0.0882. The summed E-state index contributed by atoms with van der Waals surface area (Å²) < 4.78 is 0. The Morgan fingerprint density at radius 1 is 1.65 bits per heavy atom. The second-order valence-corrected chi connectivity index (χ2v) is 4.78. The lowest BCUT2D eigenvalue weighted by molar-refractivity contribution is -0.124. The van der Waals surface area contributed by atoms with Gasteiger partial charge in [-0.3, -0.25) is 4.79 Å². The summed E-state index contributed by atoms with van der Waals surface area (Å²) in [7, 11) is 0. The fraction of sp³-hybridized carbons (Fsp3) is 0.500. The van der Waals surface area contributed by atoms with Gasteiger partial charge in [-0.2, -0.15) is 0 Å². The van der Waals surface area contributed by atoms with Gasteiger partial charge in [0.05, 0.1) is 17.3 Å². The van der Waals surface area contributed by atoms with Gasteiger partial charge in [0.15, 0.2) is 0 Å². The number of amides is 1. The number of nitrogens with two attached hydrogens (primary N) is 1. The van der Waals surface area contributed by atoms with Crippen LogP contribution in [0.4, 0.5) is 5.69 Å². The lowest BCUT2D eigenvalue weighted by Crippen LogP contribution is -2.39. The summed E-state index contributed by atoms with van der Waals surface area (Å²) in [6.07, 6.45) is 2.25. The van der Waals surface area contributed by atoms with Crippen LogP contribution >= 0.6 is 11.6 Å². The zero-order chi connectivity index (χ0) is 13.1. The van der Waals surface area contributed by atoms with E-state index in [0.29, 0.717) is 23.8 Å². The number of nitrogens with one attached hydrogen (secondary N) is 1. The molecule has 0 radical (unpaired) electrons. The zero-order valence-corrected chi connectivity index (χ0v) is 11.1. The van der Waals surface area contributed by atoms with Crippen molar-refractivity contribution in [2.75, 3.05) is 11.9 Å². The van der Waals surface area contributed by atoms with Gasteiger partial charge in [0, 0.05) is 6.54 Å². The molecule has 0 aliphatic rings. The minimum atomic E-state index is -0.550. The highest BCUT2D eigenvalue weighted by atomic mass is 35.5. The van der Waals surface area contributed by atoms with E-state index in [0.717, 1.165) is 5.56 Å². The number of aromatic nitrogens is 1. The van der Waals surface area contributed by atoms with E-state index < -0.39 is 5.41 Å². The molecule has 1 aromatic rings. The number of pyridine rings is 1. The van der Waals surface area contributed by atoms with Crippen LogP contribution in [0.3, 0.4) is 0 Å². The molecule has 0 saturated heterocycles. The molecule has 4 nitrogen and oxygen atoms in total. The first-order chi connectivity index (χ1) is 7.92. The largest absolute Gasteiger partial charge is 0.329 e. The molecule has 1 atom stereocenters. The molecule has 94 valence electrons. The lowest BCUT2D eigenvalue weighted by atomic mass is 9.86. The van der Waals surface area contributed by atoms with Gasteiger partial charge in [0.2, 0.25) is 5.91 Å². The Balaban J connectivity index is 2.88. The van der Waals surface area contributed by atoms with Crippen molar-refractivity contribution >= 4 is 23.2 Å². The van der Waals surface area contributed by atoms with Gasteiger partial charge in [-0.05, 0) is 31.9 Å². The average molecular weight is 256 g/mol. The monoisotopic (exact) mass is 255 g/mol. The van der Waals surface area contributed by atoms with Crippen LogP contribution in [0, 0.1) is 12.3 Å². The number of carbonyl (C=O) groups excluding carboxylic acids is 1. The first kappa shape index (κ1) is 13.9. The van der Waals surface area contributed by atoms with Crippen molar-refractivity contribution in [2.24, 2.45) is 11.1 Å². The molecule has 0 bridgehead atoms. The molecule has 0 spiro atoms. The van der Waals surface area contributed by atoms with Gasteiger partial charge in [-0.15, -0.1) is 0 Å². The molecule has 0 aliphatic carbocycles. The quantitative estimate of drug-likeness (QED) is 0.812. The Morgan fingerprint density at radius 2 is 2.29 bits per heavy atom. The molecule has 17 heavy (non-hydrogen) atoms. The Hall–Kier alpha value is -1.13. The van der Waals surface area contributed by atoms with Crippen LogP contribution in [0.15, 0.2) is 12.3 Å². The first-order valence-corrected chi connectivity index (χ1v) is 5.94. The Kier molecular flexibility index (Phi) is 4.48. The summed E-state index contributed by atoms with van der Waals surface area (Å²) in [5, 5.41) is 3.25. The molecule has 1 aromatic heterocycles. The smallest absolute Gasteiger partial charge is 0.231 e. The maximum Gasteiger partial charge on any atom is 0.231 e. The number of rotatable bonds is 4. The second kappa shape index (κ2) is 5.47. The summed E-state index contributed by atoms with van der Waals surface area (Å²) in [5.41, 5.74) is 6.64. The Labute approximate surface area is 107 Å². The third-order valence-corrected chi connectivity index (χ3v) is 3.31. The Morgan fingerprint density at radius 3 is 2.76 bits per heavy atom. The van der Waals surface area contributed by atoms with Gasteiger partial charge in [-0.25, -0.2) is 4.98 Å². The predicted octanol–water partition coefficient (Wildman–Crippen LogP) is 2.36. The molecular formula is C12H18ClN3O. The number of nitrogens with zero attached hydrogens (tertiary/aromatic N) is 1. The molecule has 0 fully saturated rings. The maximum atomic E-state index is 12.1. The summed E-state index contributed by atoms with van der Waals surface area (Å²) in [6, 6.07) is 1.71. The summed E-state index contributed by atoms with van der Waals surface area (Å²) in [4.78, 5) is 16.0. The molecule has 1 heterocycles. The van der Waals surface area contributed by atoms with E-state index in [2.05, 4.69) is 10.3 Å². The third-order valence-electron chi connectivity index (χ3n) is 3.10. The molecule has 5 heteroatoms. The van der Waals surface area contributed by atoms with E-state index in [1.54, 1.807) is 12.3 Å². The number of carbonyl (C=O) groups is 1. The van der Waals surface area contributed by atoms with E-state index in [1.165, 1.54) is 0 Å². The SMILES string of the molecule is CCC(C)(CN)C(=O)Nc1cnc(Cl)cc1C. The highest BCUT2D eigenvalue weighted by Gasteiger charge is 2.29. The molecular weight excluding hydrogens is 238 g/mol. The van der Waals surface area contributed by atoms with E-state index >= 15 is 0 Å². The van der Waals surface area contributed by atoms with Crippen molar-refractivity contribution in [1.29, 1.82) is 0 Å². The number of hydrogen-bond acceptors (Lipinski definition) is 3. The number of anilines is 1. The molecule has 1 unspecified atom stereocenters. The Bertz CT molecular complexity index is 416. The average Bonchev–Trinajstić information content (AvgIpc) is 2.31. The fourth-order valence-corrected chi connectivity index (χ4v) is 1.54. The van der Waals surface area contributed by atoms with Gasteiger partial charge in [0.1, 0.15) is 5.15 Å². The normalized spacial score (nSPS) is 14.2. The van der Waals surface area contributed by atoms with Crippen molar-refractivity contribution in [3.05, 3.63) is 23.0 Å². The van der Waals surface area contributed by atoms with E-state index in [1.807, 2.05) is 20.8 Å². The van der Waals surface area contributed by atoms with Crippen molar-refractivity contribution < 1.29 is 4.79 Å². The van der Waals surface area contributed by atoms with Crippen molar-refractivity contribution in [1.82, 2.24) is 4.98 Å². The molecule has 0 aliphatic heterocycles. The van der Waals surface area contributed by atoms with Gasteiger partial charge < -0.3 is 11.1 Å². The van der Waals surface area contributed by atoms with E-state index in [4.69, 9.17) is 17.3 Å². The molecule has 0 saturated carbocycles. The zero-order valence-electron chi connectivity index (χ0n) is 10.4. The van der Waals surface area contributed by atoms with Crippen molar-refractivity contribution in [2.45, 2.75) is 27.2 Å². The van der Waals surface area contributed by atoms with Gasteiger partial charge in [-0.1, -0.05) is 18.5 Å². The van der Waals surface area contributed by atoms with Crippen molar-refractivity contribution in [3.63, 3.8) is 0 Å². The van der Waals surface area contributed by atoms with E-state index in [-0.39, 0.29) is 5.91 Å². The van der Waals surface area contributed by atoms with E-state index in [9.17, 15) is 4.79 Å². The minimum Gasteiger partial charge on any atom is -0.329 e. The predicted molar refractivity (Wildman–Crippen MR) is 70.1 cm³/mol. The van der Waals surface area contributed by atoms with Crippen LogP contribution in [0.2, 0.25) is 5.15 Å². The van der Waals surface area contributed by atoms with Crippen LogP contribution in [0.5, 0.6) is 0 Å². The molecule has 3 N–H and O–H groups in total. The molecule has 1 amide bonds. The van der Waals surface area contributed by atoms with Crippen LogP contribution in [-0.4, -0.2) is 17.4 Å². The van der Waals surface area contributed by atoms with Crippen LogP contribution < -0.4 is 11.1 Å². The fourth-order valence-electron chi connectivity index (χ4n) is 1.32. The van der Waals surface area contributed by atoms with Crippen LogP contribution in [-0.2, 0) is 4.79 Å². The number of halogens is 1. The number of aryl methyl sites for hydroxylation is 1. The molecule has 1 rings (SSSR count). The van der Waals surface area contributed by atoms with Crippen LogP contribution in [0.1, 0.15) is 25.8 Å². The van der Waals surface area contributed by atoms with Crippen LogP contribution in [0.25, 0.3) is 0 Å². The third kappa shape index (κ3) is 3.17. The number of hydrogen-bond donors (Lipinski definition) is 2. The summed E-state index contributed by atoms with van der Waals surface area (Å²) in [6.45, 7) is 5.98. The van der Waals surface area contributed by atoms with Crippen molar-refractivity contribution in [3.8, 4) is 0 Å². The molecule has 0 aromatic carbocycles. The highest BCUT2D eigenvalue weighted by molar-refractivity contribution is 6.29. The topological polar surface area (TPSA) is 68.0 Å². The maximum absolute atomic E-state index is 12.1. The van der Waals surface area contributed by atoms with Gasteiger partial charge in [0.25, 0.3) is 0 Å². The second-order valence-electron chi connectivity index (χ2n) is 4.39. The van der Waals surface area contributed by atoms with Gasteiger partial charge >= 0.3 is 0 Å².